The van der Waals surface area contributed by atoms with Gasteiger partial charge in [0.05, 0.1) is 24.8 Å². The number of carbonyl (C=O) groups is 1. The summed E-state index contributed by atoms with van der Waals surface area (Å²) in [7, 11) is 0. The third-order valence-corrected chi connectivity index (χ3v) is 6.36. The van der Waals surface area contributed by atoms with E-state index in [1.165, 1.54) is 16.8 Å². The van der Waals surface area contributed by atoms with Crippen LogP contribution in [0.5, 0.6) is 0 Å². The van der Waals surface area contributed by atoms with Crippen molar-refractivity contribution in [3.05, 3.63) is 70.7 Å². The van der Waals surface area contributed by atoms with Crippen molar-refractivity contribution in [1.29, 1.82) is 0 Å². The second-order valence-electron chi connectivity index (χ2n) is 6.48. The largest absolute Gasteiger partial charge is 0.467 e. The summed E-state index contributed by atoms with van der Waals surface area (Å²) in [5.41, 5.74) is 0.710. The highest BCUT2D eigenvalue weighted by atomic mass is 32.2. The lowest BCUT2D eigenvalue weighted by atomic mass is 10.1. The topological polar surface area (TPSA) is 103 Å². The fraction of sp³-hybridized carbons (Fsp3) is 0.211. The van der Waals surface area contributed by atoms with Gasteiger partial charge in [-0.05, 0) is 46.1 Å². The minimum absolute atomic E-state index is 0.150. The zero-order valence-corrected chi connectivity index (χ0v) is 17.3. The van der Waals surface area contributed by atoms with Crippen molar-refractivity contribution < 1.29 is 13.6 Å². The summed E-state index contributed by atoms with van der Waals surface area (Å²) in [5.74, 6) is 1.32. The molecule has 11 heteroatoms. The normalized spacial score (nSPS) is 16.2. The fourth-order valence-corrected chi connectivity index (χ4v) is 4.59. The second-order valence-corrected chi connectivity index (χ2v) is 8.46. The average Bonchev–Trinajstić information content (AvgIpc) is 3.57. The molecule has 1 aliphatic rings. The van der Waals surface area contributed by atoms with Crippen LogP contribution in [0.3, 0.4) is 0 Å². The van der Waals surface area contributed by atoms with Gasteiger partial charge in [0, 0.05) is 11.3 Å². The Morgan fingerprint density at radius 1 is 1.20 bits per heavy atom. The summed E-state index contributed by atoms with van der Waals surface area (Å²) in [5, 5.41) is 20.4. The van der Waals surface area contributed by atoms with Gasteiger partial charge in [0.1, 0.15) is 23.3 Å². The van der Waals surface area contributed by atoms with Gasteiger partial charge in [-0.15, -0.1) is 16.4 Å². The number of aromatic nitrogens is 4. The Labute approximate surface area is 179 Å². The van der Waals surface area contributed by atoms with Gasteiger partial charge in [0.2, 0.25) is 5.16 Å². The molecule has 0 aliphatic carbocycles. The molecule has 5 rings (SSSR count). The fourth-order valence-electron chi connectivity index (χ4n) is 3.18. The van der Waals surface area contributed by atoms with Crippen molar-refractivity contribution in [2.75, 3.05) is 5.75 Å². The number of thioether (sulfide) groups is 1. The molecule has 4 aromatic heterocycles. The molecular weight excluding hydrogens is 424 g/mol. The van der Waals surface area contributed by atoms with Gasteiger partial charge in [0.25, 0.3) is 5.91 Å². The minimum atomic E-state index is -0.310. The molecule has 0 fully saturated rings. The molecule has 1 amide bonds. The summed E-state index contributed by atoms with van der Waals surface area (Å²) < 4.78 is 12.7. The van der Waals surface area contributed by atoms with Crippen molar-refractivity contribution in [3.8, 4) is 0 Å². The molecule has 1 aliphatic heterocycles. The number of nitrogens with zero attached hydrogens (tertiary/aromatic N) is 6. The highest BCUT2D eigenvalue weighted by molar-refractivity contribution is 7.99. The molecule has 0 aromatic carbocycles. The van der Waals surface area contributed by atoms with E-state index in [-0.39, 0.29) is 17.7 Å². The predicted octanol–water partition coefficient (Wildman–Crippen LogP) is 3.44. The van der Waals surface area contributed by atoms with Gasteiger partial charge < -0.3 is 8.83 Å². The lowest BCUT2D eigenvalue weighted by Crippen LogP contribution is -2.28. The SMILES string of the molecule is O=C(CSc1nnnn1Cc1cccs1)N1N=C(c2ccco2)CC1c1ccco1. The maximum absolute atomic E-state index is 13.0. The molecule has 1 atom stereocenters. The van der Waals surface area contributed by atoms with Crippen LogP contribution in [0.15, 0.2) is 73.4 Å². The van der Waals surface area contributed by atoms with Crippen LogP contribution in [-0.2, 0) is 11.3 Å². The summed E-state index contributed by atoms with van der Waals surface area (Å²) in [4.78, 5) is 14.2. The summed E-state index contributed by atoms with van der Waals surface area (Å²) in [6.45, 7) is 0.570. The third-order valence-electron chi connectivity index (χ3n) is 4.55. The molecule has 30 heavy (non-hydrogen) atoms. The quantitative estimate of drug-likeness (QED) is 0.406. The minimum Gasteiger partial charge on any atom is -0.467 e. The average molecular weight is 441 g/mol. The number of hydrogen-bond donors (Lipinski definition) is 0. The van der Waals surface area contributed by atoms with Gasteiger partial charge >= 0.3 is 0 Å². The van der Waals surface area contributed by atoms with E-state index in [0.29, 0.717) is 35.4 Å². The standard InChI is InChI=1S/C19H16N6O3S2/c26-18(12-30-19-20-22-23-24(19)11-13-4-3-9-29-13)25-15(17-6-2-8-28-17)10-14(21-25)16-5-1-7-27-16/h1-9,15H,10-12H2. The molecule has 9 nitrogen and oxygen atoms in total. The van der Waals surface area contributed by atoms with Gasteiger partial charge in [-0.2, -0.15) is 5.10 Å². The van der Waals surface area contributed by atoms with Crippen LogP contribution >= 0.6 is 23.1 Å². The maximum atomic E-state index is 13.0. The van der Waals surface area contributed by atoms with E-state index in [9.17, 15) is 4.79 Å². The number of hydrazone groups is 1. The first-order valence-electron chi connectivity index (χ1n) is 9.16. The van der Waals surface area contributed by atoms with E-state index in [0.717, 1.165) is 4.88 Å². The van der Waals surface area contributed by atoms with Crippen LogP contribution in [0, 0.1) is 0 Å². The van der Waals surface area contributed by atoms with E-state index in [2.05, 4.69) is 20.6 Å². The predicted molar refractivity (Wildman–Crippen MR) is 110 cm³/mol. The number of furan rings is 2. The first-order valence-corrected chi connectivity index (χ1v) is 11.0. The van der Waals surface area contributed by atoms with Crippen LogP contribution in [0.4, 0.5) is 0 Å². The van der Waals surface area contributed by atoms with Crippen molar-refractivity contribution in [3.63, 3.8) is 0 Å². The lowest BCUT2D eigenvalue weighted by Gasteiger charge is -2.19. The Kier molecular flexibility index (Phi) is 5.20. The van der Waals surface area contributed by atoms with Crippen molar-refractivity contribution in [2.24, 2.45) is 5.10 Å². The van der Waals surface area contributed by atoms with Gasteiger partial charge in [0.15, 0.2) is 0 Å². The first kappa shape index (κ1) is 18.8. The summed E-state index contributed by atoms with van der Waals surface area (Å²) in [6.07, 6.45) is 3.71. The second kappa shape index (κ2) is 8.28. The molecule has 152 valence electrons. The molecule has 0 saturated heterocycles. The molecule has 4 aromatic rings. The van der Waals surface area contributed by atoms with Crippen LogP contribution < -0.4 is 0 Å². The smallest absolute Gasteiger partial charge is 0.253 e. The molecule has 0 bridgehead atoms. The number of rotatable bonds is 7. The zero-order chi connectivity index (χ0) is 20.3. The Morgan fingerprint density at radius 2 is 2.10 bits per heavy atom. The highest BCUT2D eigenvalue weighted by Gasteiger charge is 2.35. The monoisotopic (exact) mass is 440 g/mol. The maximum Gasteiger partial charge on any atom is 0.253 e. The van der Waals surface area contributed by atoms with Gasteiger partial charge in [-0.25, -0.2) is 9.69 Å². The Bertz CT molecular complexity index is 1140. The van der Waals surface area contributed by atoms with Gasteiger partial charge in [-0.1, -0.05) is 17.8 Å². The van der Waals surface area contributed by atoms with Crippen molar-refractivity contribution in [1.82, 2.24) is 25.2 Å². The van der Waals surface area contributed by atoms with Crippen LogP contribution in [0.25, 0.3) is 0 Å². The molecule has 1 unspecified atom stereocenters. The summed E-state index contributed by atoms with van der Waals surface area (Å²) in [6, 6.07) is 11.0. The zero-order valence-electron chi connectivity index (χ0n) is 15.6. The van der Waals surface area contributed by atoms with Crippen LogP contribution in [0.2, 0.25) is 0 Å². The molecular formula is C19H16N6O3S2. The molecule has 0 N–H and O–H groups in total. The number of hydrogen-bond acceptors (Lipinski definition) is 9. The van der Waals surface area contributed by atoms with Crippen molar-refractivity contribution in [2.45, 2.75) is 24.2 Å². The van der Waals surface area contributed by atoms with E-state index in [4.69, 9.17) is 8.83 Å². The third kappa shape index (κ3) is 3.81. The highest BCUT2D eigenvalue weighted by Crippen LogP contribution is 2.34. The van der Waals surface area contributed by atoms with E-state index < -0.39 is 0 Å². The molecule has 0 radical (unpaired) electrons. The Balaban J connectivity index is 1.31. The Hall–Kier alpha value is -3.18. The van der Waals surface area contributed by atoms with Gasteiger partial charge in [-0.3, -0.25) is 4.79 Å². The molecule has 5 heterocycles. The number of thiophene rings is 1. The summed E-state index contributed by atoms with van der Waals surface area (Å²) >= 11 is 2.92. The lowest BCUT2D eigenvalue weighted by molar-refractivity contribution is -0.130. The first-order chi connectivity index (χ1) is 14.8. The van der Waals surface area contributed by atoms with Crippen LogP contribution in [-0.4, -0.2) is 42.6 Å². The van der Waals surface area contributed by atoms with Crippen LogP contribution in [0.1, 0.15) is 28.9 Å². The molecule has 0 spiro atoms. The van der Waals surface area contributed by atoms with E-state index in [1.807, 2.05) is 29.6 Å². The van der Waals surface area contributed by atoms with E-state index in [1.54, 1.807) is 40.7 Å². The number of tetrazole rings is 1. The Morgan fingerprint density at radius 3 is 2.87 bits per heavy atom. The van der Waals surface area contributed by atoms with E-state index >= 15 is 0 Å². The number of amides is 1. The molecule has 0 saturated carbocycles. The number of carbonyl (C=O) groups excluding carboxylic acids is 1. The van der Waals surface area contributed by atoms with Crippen molar-refractivity contribution >= 4 is 34.7 Å².